The van der Waals surface area contributed by atoms with Crippen LogP contribution in [0, 0.1) is 17.8 Å². The summed E-state index contributed by atoms with van der Waals surface area (Å²) in [6.07, 6.45) is 2.47. The average molecular weight is 386 g/mol. The van der Waals surface area contributed by atoms with Crippen molar-refractivity contribution in [3.63, 3.8) is 0 Å². The molecular weight excluding hydrogens is 365 g/mol. The molecule has 2 saturated carbocycles. The van der Waals surface area contributed by atoms with Crippen LogP contribution >= 0.6 is 0 Å². The number of anilines is 1. The van der Waals surface area contributed by atoms with Crippen molar-refractivity contribution in [3.05, 3.63) is 47.4 Å². The monoisotopic (exact) mass is 386 g/mol. The predicted molar refractivity (Wildman–Crippen MR) is 99.9 cm³/mol. The Morgan fingerprint density at radius 2 is 1.96 bits per heavy atom. The third-order valence-electron chi connectivity index (χ3n) is 7.25. The maximum absolute atomic E-state index is 13.7. The lowest BCUT2D eigenvalue weighted by Crippen LogP contribution is -2.36. The van der Waals surface area contributed by atoms with Gasteiger partial charge in [0.05, 0.1) is 6.04 Å². The zero-order valence-corrected chi connectivity index (χ0v) is 15.4. The largest absolute Gasteiger partial charge is 0.435 e. The minimum atomic E-state index is -4.45. The highest BCUT2D eigenvalue weighted by atomic mass is 19.4. The summed E-state index contributed by atoms with van der Waals surface area (Å²) in [5, 5.41) is 8.49. The molecule has 2 fully saturated rings. The standard InChI is InChI=1S/C21H21F3N4/c1-28-9-13(20(27-28)21(22,23)24)19-17-11-3-2-10(8-11)16(17)18-12-6-7-25-14(12)4-5-15(18)26-19/h4-7,9-11,16-17,19,25-26H,2-3,8H2,1H3. The fourth-order valence-corrected chi connectivity index (χ4v) is 6.39. The van der Waals surface area contributed by atoms with Gasteiger partial charge in [0.1, 0.15) is 0 Å². The molecule has 1 aromatic carbocycles. The Kier molecular flexibility index (Phi) is 3.14. The second-order valence-corrected chi connectivity index (χ2v) is 8.63. The molecule has 1 aliphatic heterocycles. The van der Waals surface area contributed by atoms with Crippen LogP contribution in [0.15, 0.2) is 30.6 Å². The maximum Gasteiger partial charge on any atom is 0.435 e. The van der Waals surface area contributed by atoms with Crippen LogP contribution in [-0.4, -0.2) is 14.8 Å². The molecule has 5 unspecified atom stereocenters. The van der Waals surface area contributed by atoms with Gasteiger partial charge in [-0.05, 0) is 66.7 Å². The van der Waals surface area contributed by atoms with E-state index in [9.17, 15) is 13.2 Å². The molecule has 0 spiro atoms. The summed E-state index contributed by atoms with van der Waals surface area (Å²) in [5.41, 5.74) is 2.91. The number of aryl methyl sites for hydroxylation is 1. The molecule has 0 amide bonds. The lowest BCUT2D eigenvalue weighted by molar-refractivity contribution is -0.142. The van der Waals surface area contributed by atoms with Crippen molar-refractivity contribution < 1.29 is 13.2 Å². The Bertz CT molecular complexity index is 1080. The number of alkyl halides is 3. The number of nitrogens with zero attached hydrogens (tertiary/aromatic N) is 2. The van der Waals surface area contributed by atoms with Crippen molar-refractivity contribution >= 4 is 16.6 Å². The van der Waals surface area contributed by atoms with Crippen molar-refractivity contribution in [1.82, 2.24) is 14.8 Å². The fourth-order valence-electron chi connectivity index (χ4n) is 6.39. The first-order chi connectivity index (χ1) is 13.4. The fraction of sp³-hybridized carbons (Fsp3) is 0.476. The van der Waals surface area contributed by atoms with E-state index in [1.807, 2.05) is 18.3 Å². The van der Waals surface area contributed by atoms with Crippen molar-refractivity contribution in [1.29, 1.82) is 0 Å². The van der Waals surface area contributed by atoms with Crippen LogP contribution in [0.1, 0.15) is 48.0 Å². The number of benzene rings is 1. The van der Waals surface area contributed by atoms with E-state index in [2.05, 4.69) is 21.5 Å². The highest BCUT2D eigenvalue weighted by molar-refractivity contribution is 5.89. The van der Waals surface area contributed by atoms with Gasteiger partial charge < -0.3 is 10.3 Å². The molecule has 2 N–H and O–H groups in total. The summed E-state index contributed by atoms with van der Waals surface area (Å²) in [5.74, 6) is 1.51. The molecule has 5 atom stereocenters. The molecule has 4 nitrogen and oxygen atoms in total. The van der Waals surface area contributed by atoms with E-state index in [0.29, 0.717) is 17.8 Å². The zero-order valence-electron chi connectivity index (χ0n) is 15.4. The van der Waals surface area contributed by atoms with Gasteiger partial charge in [-0.1, -0.05) is 0 Å². The van der Waals surface area contributed by atoms with Crippen LogP contribution in [0.25, 0.3) is 10.9 Å². The lowest BCUT2D eigenvalue weighted by atomic mass is 9.67. The summed E-state index contributed by atoms with van der Waals surface area (Å²) in [6, 6.07) is 5.78. The molecule has 3 aliphatic rings. The molecular formula is C21H21F3N4. The summed E-state index contributed by atoms with van der Waals surface area (Å²) < 4.78 is 42.4. The van der Waals surface area contributed by atoms with Gasteiger partial charge >= 0.3 is 6.18 Å². The average Bonchev–Trinajstić information content (AvgIpc) is 3.42. The molecule has 3 aromatic rings. The van der Waals surface area contributed by atoms with Crippen LogP contribution in [0.4, 0.5) is 18.9 Å². The Morgan fingerprint density at radius 1 is 1.14 bits per heavy atom. The topological polar surface area (TPSA) is 45.6 Å². The highest BCUT2D eigenvalue weighted by Crippen LogP contribution is 2.65. The maximum atomic E-state index is 13.7. The SMILES string of the molecule is Cn1cc(C2Nc3ccc4[nH]ccc4c3C3C4CCC(C4)C23)c(C(F)(F)F)n1. The van der Waals surface area contributed by atoms with Crippen molar-refractivity contribution in [3.8, 4) is 0 Å². The molecule has 2 aliphatic carbocycles. The van der Waals surface area contributed by atoms with Crippen LogP contribution in [0.3, 0.4) is 0 Å². The summed E-state index contributed by atoms with van der Waals surface area (Å²) >= 11 is 0. The first kappa shape index (κ1) is 16.5. The normalized spacial score (nSPS) is 31.1. The van der Waals surface area contributed by atoms with Crippen molar-refractivity contribution in [2.24, 2.45) is 24.8 Å². The van der Waals surface area contributed by atoms with Gasteiger partial charge in [0.25, 0.3) is 0 Å². The highest BCUT2D eigenvalue weighted by Gasteiger charge is 2.55. The zero-order chi connectivity index (χ0) is 19.2. The molecule has 2 bridgehead atoms. The third kappa shape index (κ3) is 2.10. The molecule has 146 valence electrons. The Morgan fingerprint density at radius 3 is 2.79 bits per heavy atom. The number of halogens is 3. The van der Waals surface area contributed by atoms with Gasteiger partial charge in [0.2, 0.25) is 0 Å². The number of aromatic nitrogens is 3. The van der Waals surface area contributed by atoms with Crippen molar-refractivity contribution in [2.75, 3.05) is 5.32 Å². The Balaban J connectivity index is 1.56. The lowest BCUT2D eigenvalue weighted by Gasteiger charge is -2.43. The van der Waals surface area contributed by atoms with Crippen LogP contribution in [-0.2, 0) is 13.2 Å². The van der Waals surface area contributed by atoms with E-state index >= 15 is 0 Å². The molecule has 28 heavy (non-hydrogen) atoms. The minimum Gasteiger partial charge on any atom is -0.378 e. The number of hydrogen-bond donors (Lipinski definition) is 2. The second kappa shape index (κ2) is 5.33. The first-order valence-corrected chi connectivity index (χ1v) is 9.89. The van der Waals surface area contributed by atoms with E-state index in [1.54, 1.807) is 13.2 Å². The molecule has 0 saturated heterocycles. The van der Waals surface area contributed by atoms with Gasteiger partial charge in [-0.3, -0.25) is 4.68 Å². The number of aromatic amines is 1. The van der Waals surface area contributed by atoms with E-state index < -0.39 is 11.9 Å². The summed E-state index contributed by atoms with van der Waals surface area (Å²) in [7, 11) is 1.57. The third-order valence-corrected chi connectivity index (χ3v) is 7.25. The van der Waals surface area contributed by atoms with Gasteiger partial charge in [0.15, 0.2) is 5.69 Å². The molecule has 7 heteroatoms. The second-order valence-electron chi connectivity index (χ2n) is 8.63. The van der Waals surface area contributed by atoms with Crippen LogP contribution in [0.5, 0.6) is 0 Å². The number of nitrogens with one attached hydrogen (secondary N) is 2. The number of fused-ring (bicyclic) bond motifs is 9. The molecule has 0 radical (unpaired) electrons. The van der Waals surface area contributed by atoms with Crippen LogP contribution in [0.2, 0.25) is 0 Å². The number of rotatable bonds is 1. The Labute approximate surface area is 160 Å². The van der Waals surface area contributed by atoms with Crippen LogP contribution < -0.4 is 5.32 Å². The smallest absolute Gasteiger partial charge is 0.378 e. The molecule has 2 aromatic heterocycles. The molecule has 3 heterocycles. The number of hydrogen-bond acceptors (Lipinski definition) is 2. The van der Waals surface area contributed by atoms with E-state index in [0.717, 1.165) is 24.0 Å². The van der Waals surface area contributed by atoms with Gasteiger partial charge in [-0.25, -0.2) is 0 Å². The first-order valence-electron chi connectivity index (χ1n) is 9.89. The predicted octanol–water partition coefficient (Wildman–Crippen LogP) is 5.22. The van der Waals surface area contributed by atoms with E-state index in [1.165, 1.54) is 22.1 Å². The number of H-pyrrole nitrogens is 1. The van der Waals surface area contributed by atoms with Gasteiger partial charge in [0, 0.05) is 41.6 Å². The van der Waals surface area contributed by atoms with E-state index in [-0.39, 0.29) is 17.5 Å². The van der Waals surface area contributed by atoms with Gasteiger partial charge in [-0.15, -0.1) is 0 Å². The minimum absolute atomic E-state index is 0.178. The van der Waals surface area contributed by atoms with E-state index in [4.69, 9.17) is 0 Å². The summed E-state index contributed by atoms with van der Waals surface area (Å²) in [4.78, 5) is 3.28. The Hall–Kier alpha value is -2.44. The quantitative estimate of drug-likeness (QED) is 0.603. The van der Waals surface area contributed by atoms with Gasteiger partial charge in [-0.2, -0.15) is 18.3 Å². The van der Waals surface area contributed by atoms with Crippen molar-refractivity contribution in [2.45, 2.75) is 37.4 Å². The summed E-state index contributed by atoms with van der Waals surface area (Å²) in [6.45, 7) is 0. The molecule has 6 rings (SSSR count).